The van der Waals surface area contributed by atoms with Crippen molar-refractivity contribution in [2.24, 2.45) is 4.99 Å². The van der Waals surface area contributed by atoms with Gasteiger partial charge in [0.05, 0.1) is 5.69 Å². The zero-order chi connectivity index (χ0) is 22.4. The summed E-state index contributed by atoms with van der Waals surface area (Å²) in [4.78, 5) is 14.9. The highest BCUT2D eigenvalue weighted by molar-refractivity contribution is 5.85. The molecule has 0 bridgehead atoms. The van der Waals surface area contributed by atoms with Crippen LogP contribution >= 0.6 is 0 Å². The second-order valence-electron chi connectivity index (χ2n) is 6.58. The summed E-state index contributed by atoms with van der Waals surface area (Å²) in [5.41, 5.74) is 3.71. The average molecular weight is 429 g/mol. The molecule has 8 heteroatoms. The lowest BCUT2D eigenvalue weighted by Crippen LogP contribution is -2.17. The molecule has 0 saturated heterocycles. The van der Waals surface area contributed by atoms with Crippen LogP contribution in [0.4, 0.5) is 18.9 Å². The zero-order valence-corrected chi connectivity index (χ0v) is 16.4. The van der Waals surface area contributed by atoms with Crippen LogP contribution in [-0.2, 0) is 4.79 Å². The van der Waals surface area contributed by atoms with Gasteiger partial charge in [-0.25, -0.2) is 4.79 Å². The fraction of sp³-hybridized carbons (Fsp3) is 0.130. The van der Waals surface area contributed by atoms with Gasteiger partial charge in [0.2, 0.25) is 0 Å². The third kappa shape index (κ3) is 6.60. The Morgan fingerprint density at radius 3 is 2.39 bits per heavy atom. The molecular weight excluding hydrogens is 411 g/mol. The normalized spacial score (nSPS) is 11.5. The summed E-state index contributed by atoms with van der Waals surface area (Å²) >= 11 is 0. The van der Waals surface area contributed by atoms with Gasteiger partial charge in [0, 0.05) is 6.21 Å². The standard InChI is InChI=1S/C23H18F3NO4/c1-15-11-20(31-23(24,25)26)9-10-21(15)17-4-2-3-16(12-17)13-27-18-5-7-19(8-6-18)30-14-22(28)29/h2-13H,14H2,1H3,(H,28,29). The van der Waals surface area contributed by atoms with Gasteiger partial charge in [-0.15, -0.1) is 13.2 Å². The minimum atomic E-state index is -4.73. The van der Waals surface area contributed by atoms with Crippen molar-refractivity contribution < 1.29 is 32.5 Å². The molecule has 0 aliphatic carbocycles. The number of carbonyl (C=O) groups is 1. The van der Waals surface area contributed by atoms with Crippen LogP contribution in [0.5, 0.6) is 11.5 Å². The molecule has 160 valence electrons. The number of carboxylic acids is 1. The van der Waals surface area contributed by atoms with E-state index in [-0.39, 0.29) is 5.75 Å². The molecule has 0 saturated carbocycles. The van der Waals surface area contributed by atoms with Crippen LogP contribution in [-0.4, -0.2) is 30.3 Å². The molecule has 0 aliphatic heterocycles. The number of halogens is 3. The van der Waals surface area contributed by atoms with Crippen LogP contribution in [0.2, 0.25) is 0 Å². The quantitative estimate of drug-likeness (QED) is 0.484. The summed E-state index contributed by atoms with van der Waals surface area (Å²) in [7, 11) is 0. The molecule has 0 fully saturated rings. The van der Waals surface area contributed by atoms with Gasteiger partial charge in [0.1, 0.15) is 11.5 Å². The number of benzene rings is 3. The van der Waals surface area contributed by atoms with Crippen LogP contribution in [0.15, 0.2) is 71.7 Å². The van der Waals surface area contributed by atoms with E-state index in [0.29, 0.717) is 17.0 Å². The number of rotatable bonds is 7. The summed E-state index contributed by atoms with van der Waals surface area (Å²) in [6.45, 7) is 1.30. The van der Waals surface area contributed by atoms with Gasteiger partial charge < -0.3 is 14.6 Å². The van der Waals surface area contributed by atoms with Gasteiger partial charge in [-0.3, -0.25) is 4.99 Å². The van der Waals surface area contributed by atoms with Gasteiger partial charge in [-0.2, -0.15) is 0 Å². The van der Waals surface area contributed by atoms with Crippen molar-refractivity contribution in [1.82, 2.24) is 0 Å². The number of alkyl halides is 3. The highest BCUT2D eigenvalue weighted by atomic mass is 19.4. The van der Waals surface area contributed by atoms with E-state index in [0.717, 1.165) is 16.7 Å². The minimum Gasteiger partial charge on any atom is -0.482 e. The lowest BCUT2D eigenvalue weighted by Gasteiger charge is -2.12. The maximum absolute atomic E-state index is 12.4. The molecule has 3 rings (SSSR count). The van der Waals surface area contributed by atoms with E-state index in [9.17, 15) is 18.0 Å². The Morgan fingerprint density at radius 1 is 1.03 bits per heavy atom. The summed E-state index contributed by atoms with van der Waals surface area (Å²) < 4.78 is 46.2. The van der Waals surface area contributed by atoms with Gasteiger partial charge in [-0.05, 0) is 71.6 Å². The molecule has 1 N–H and O–H groups in total. The number of hydrogen-bond acceptors (Lipinski definition) is 4. The maximum Gasteiger partial charge on any atom is 0.573 e. The Kier molecular flexibility index (Phi) is 6.59. The summed E-state index contributed by atoms with van der Waals surface area (Å²) in [6.07, 6.45) is -3.07. The van der Waals surface area contributed by atoms with E-state index in [2.05, 4.69) is 9.73 Å². The first kappa shape index (κ1) is 21.9. The van der Waals surface area contributed by atoms with E-state index < -0.39 is 18.9 Å². The number of aryl methyl sites for hydroxylation is 1. The molecule has 0 heterocycles. The van der Waals surface area contributed by atoms with Crippen LogP contribution < -0.4 is 9.47 Å². The number of carboxylic acid groups (broad SMARTS) is 1. The van der Waals surface area contributed by atoms with Crippen molar-refractivity contribution in [3.05, 3.63) is 77.9 Å². The van der Waals surface area contributed by atoms with Crippen molar-refractivity contribution in [1.29, 1.82) is 0 Å². The Hall–Kier alpha value is -3.81. The molecule has 0 aromatic heterocycles. The molecule has 0 atom stereocenters. The smallest absolute Gasteiger partial charge is 0.482 e. The largest absolute Gasteiger partial charge is 0.573 e. The highest BCUT2D eigenvalue weighted by Crippen LogP contribution is 2.30. The van der Waals surface area contributed by atoms with Crippen molar-refractivity contribution in [3.63, 3.8) is 0 Å². The number of aliphatic carboxylic acids is 1. The first-order valence-electron chi connectivity index (χ1n) is 9.15. The average Bonchev–Trinajstić information content (AvgIpc) is 2.70. The predicted octanol–water partition coefficient (Wildman–Crippen LogP) is 5.77. The lowest BCUT2D eigenvalue weighted by molar-refractivity contribution is -0.274. The fourth-order valence-electron chi connectivity index (χ4n) is 2.87. The molecule has 3 aromatic carbocycles. The van der Waals surface area contributed by atoms with E-state index >= 15 is 0 Å². The van der Waals surface area contributed by atoms with Crippen molar-refractivity contribution in [2.45, 2.75) is 13.3 Å². The second kappa shape index (κ2) is 9.34. The monoisotopic (exact) mass is 429 g/mol. The van der Waals surface area contributed by atoms with Crippen molar-refractivity contribution in [2.75, 3.05) is 6.61 Å². The highest BCUT2D eigenvalue weighted by Gasteiger charge is 2.31. The Balaban J connectivity index is 1.74. The molecule has 0 radical (unpaired) electrons. The predicted molar refractivity (Wildman–Crippen MR) is 110 cm³/mol. The Bertz CT molecular complexity index is 1090. The molecule has 0 aliphatic rings. The van der Waals surface area contributed by atoms with Gasteiger partial charge in [0.15, 0.2) is 6.61 Å². The third-order valence-corrected chi connectivity index (χ3v) is 4.19. The first-order chi connectivity index (χ1) is 14.7. The van der Waals surface area contributed by atoms with Crippen LogP contribution in [0.25, 0.3) is 11.1 Å². The summed E-state index contributed by atoms with van der Waals surface area (Å²) in [6, 6.07) is 18.3. The molecule has 0 spiro atoms. The van der Waals surface area contributed by atoms with E-state index in [1.807, 2.05) is 24.3 Å². The summed E-state index contributed by atoms with van der Waals surface area (Å²) in [5.74, 6) is -0.890. The Morgan fingerprint density at radius 2 is 1.74 bits per heavy atom. The molecule has 0 amide bonds. The number of hydrogen-bond donors (Lipinski definition) is 1. The van der Waals surface area contributed by atoms with Crippen molar-refractivity contribution >= 4 is 17.9 Å². The van der Waals surface area contributed by atoms with E-state index in [1.54, 1.807) is 43.5 Å². The first-order valence-corrected chi connectivity index (χ1v) is 9.15. The molecular formula is C23H18F3NO4. The van der Waals surface area contributed by atoms with Gasteiger partial charge in [-0.1, -0.05) is 24.3 Å². The molecule has 0 unspecified atom stereocenters. The fourth-order valence-corrected chi connectivity index (χ4v) is 2.87. The zero-order valence-electron chi connectivity index (χ0n) is 16.4. The Labute approximate surface area is 176 Å². The molecule has 3 aromatic rings. The number of nitrogens with zero attached hydrogens (tertiary/aromatic N) is 1. The van der Waals surface area contributed by atoms with E-state index in [1.165, 1.54) is 12.1 Å². The topological polar surface area (TPSA) is 68.1 Å². The molecule has 31 heavy (non-hydrogen) atoms. The lowest BCUT2D eigenvalue weighted by atomic mass is 9.99. The second-order valence-corrected chi connectivity index (χ2v) is 6.58. The number of ether oxygens (including phenoxy) is 2. The maximum atomic E-state index is 12.4. The summed E-state index contributed by atoms with van der Waals surface area (Å²) in [5, 5.41) is 8.62. The van der Waals surface area contributed by atoms with Crippen molar-refractivity contribution in [3.8, 4) is 22.6 Å². The van der Waals surface area contributed by atoms with Crippen LogP contribution in [0.1, 0.15) is 11.1 Å². The van der Waals surface area contributed by atoms with Gasteiger partial charge >= 0.3 is 12.3 Å². The number of aliphatic imine (C=N–C) groups is 1. The SMILES string of the molecule is Cc1cc(OC(F)(F)F)ccc1-c1cccc(C=Nc2ccc(OCC(=O)O)cc2)c1. The van der Waals surface area contributed by atoms with Crippen LogP contribution in [0.3, 0.4) is 0 Å². The molecule has 5 nitrogen and oxygen atoms in total. The van der Waals surface area contributed by atoms with E-state index in [4.69, 9.17) is 9.84 Å². The minimum absolute atomic E-state index is 0.262. The van der Waals surface area contributed by atoms with Crippen LogP contribution in [0, 0.1) is 6.92 Å². The van der Waals surface area contributed by atoms with Gasteiger partial charge in [0.25, 0.3) is 0 Å². The third-order valence-electron chi connectivity index (χ3n) is 4.19.